The summed E-state index contributed by atoms with van der Waals surface area (Å²) in [5.41, 5.74) is 8.18. The molecule has 0 saturated carbocycles. The van der Waals surface area contributed by atoms with E-state index < -0.39 is 0 Å². The Morgan fingerprint density at radius 2 is 2.38 bits per heavy atom. The van der Waals surface area contributed by atoms with E-state index in [-0.39, 0.29) is 6.04 Å². The van der Waals surface area contributed by atoms with Gasteiger partial charge in [-0.3, -0.25) is 0 Å². The van der Waals surface area contributed by atoms with E-state index in [2.05, 4.69) is 0 Å². The molecule has 0 unspecified atom stereocenters. The normalized spacial score (nSPS) is 20.9. The van der Waals surface area contributed by atoms with E-state index in [1.54, 1.807) is 7.11 Å². The second-order valence-electron chi connectivity index (χ2n) is 3.19. The first kappa shape index (κ1) is 8.53. The van der Waals surface area contributed by atoms with E-state index in [9.17, 15) is 0 Å². The minimum Gasteiger partial charge on any atom is -0.497 e. The number of nitrogens with two attached hydrogens (primary N) is 1. The molecule has 3 nitrogen and oxygen atoms in total. The highest BCUT2D eigenvalue weighted by molar-refractivity contribution is 5.38. The smallest absolute Gasteiger partial charge is 0.119 e. The number of hydrogen-bond donors (Lipinski definition) is 1. The van der Waals surface area contributed by atoms with Crippen LogP contribution in [0.2, 0.25) is 0 Å². The maximum absolute atomic E-state index is 5.87. The van der Waals surface area contributed by atoms with Gasteiger partial charge in [0.1, 0.15) is 5.75 Å². The molecule has 1 aliphatic heterocycles. The molecule has 1 atom stereocenters. The predicted molar refractivity (Wildman–Crippen MR) is 49.6 cm³/mol. The largest absolute Gasteiger partial charge is 0.497 e. The molecule has 0 amide bonds. The topological polar surface area (TPSA) is 44.5 Å². The zero-order valence-electron chi connectivity index (χ0n) is 7.62. The molecule has 0 spiro atoms. The first-order valence-corrected chi connectivity index (χ1v) is 4.31. The monoisotopic (exact) mass is 179 g/mol. The van der Waals surface area contributed by atoms with E-state index in [1.807, 2.05) is 18.2 Å². The number of fused-ring (bicyclic) bond motifs is 1. The molecule has 70 valence electrons. The third-order valence-electron chi connectivity index (χ3n) is 2.30. The second-order valence-corrected chi connectivity index (χ2v) is 3.19. The molecule has 0 radical (unpaired) electrons. The van der Waals surface area contributed by atoms with Gasteiger partial charge in [-0.15, -0.1) is 0 Å². The summed E-state index contributed by atoms with van der Waals surface area (Å²) in [5, 5.41) is 0. The number of benzene rings is 1. The van der Waals surface area contributed by atoms with Crippen molar-refractivity contribution in [2.24, 2.45) is 5.73 Å². The van der Waals surface area contributed by atoms with Gasteiger partial charge in [-0.2, -0.15) is 0 Å². The summed E-state index contributed by atoms with van der Waals surface area (Å²) in [6, 6.07) is 5.94. The Morgan fingerprint density at radius 1 is 1.54 bits per heavy atom. The Bertz CT molecular complexity index is 312. The third kappa shape index (κ3) is 1.53. The first-order chi connectivity index (χ1) is 6.31. The molecule has 0 bridgehead atoms. The van der Waals surface area contributed by atoms with Crippen LogP contribution in [-0.4, -0.2) is 13.7 Å². The molecular formula is C10H13NO2. The SMILES string of the molecule is COc1ccc2c(c1)COC[C@H]2N. The molecule has 1 aromatic rings. The predicted octanol–water partition coefficient (Wildman–Crippen LogP) is 1.23. The Morgan fingerprint density at radius 3 is 3.15 bits per heavy atom. The summed E-state index contributed by atoms with van der Waals surface area (Å²) in [6.45, 7) is 1.25. The van der Waals surface area contributed by atoms with Gasteiger partial charge >= 0.3 is 0 Å². The molecule has 13 heavy (non-hydrogen) atoms. The molecule has 0 aliphatic carbocycles. The van der Waals surface area contributed by atoms with Crippen LogP contribution in [0.5, 0.6) is 5.75 Å². The molecule has 1 aliphatic rings. The molecule has 0 fully saturated rings. The highest BCUT2D eigenvalue weighted by atomic mass is 16.5. The lowest BCUT2D eigenvalue weighted by Crippen LogP contribution is -2.23. The number of rotatable bonds is 1. The maximum Gasteiger partial charge on any atom is 0.119 e. The average Bonchev–Trinajstić information content (AvgIpc) is 2.18. The fourth-order valence-electron chi connectivity index (χ4n) is 1.58. The fraction of sp³-hybridized carbons (Fsp3) is 0.400. The molecule has 0 aromatic heterocycles. The van der Waals surface area contributed by atoms with Gasteiger partial charge in [0.05, 0.1) is 26.4 Å². The lowest BCUT2D eigenvalue weighted by Gasteiger charge is -2.22. The lowest BCUT2D eigenvalue weighted by molar-refractivity contribution is 0.0922. The van der Waals surface area contributed by atoms with Crippen molar-refractivity contribution in [1.82, 2.24) is 0 Å². The summed E-state index contributed by atoms with van der Waals surface area (Å²) in [6.07, 6.45) is 0. The number of methoxy groups -OCH3 is 1. The third-order valence-corrected chi connectivity index (χ3v) is 2.30. The number of hydrogen-bond acceptors (Lipinski definition) is 3. The molecule has 0 saturated heterocycles. The van der Waals surface area contributed by atoms with E-state index in [1.165, 1.54) is 5.56 Å². The molecule has 3 heteroatoms. The van der Waals surface area contributed by atoms with Crippen LogP contribution < -0.4 is 10.5 Å². The zero-order chi connectivity index (χ0) is 9.26. The quantitative estimate of drug-likeness (QED) is 0.705. The minimum atomic E-state index is 0.00894. The molecular weight excluding hydrogens is 166 g/mol. The maximum atomic E-state index is 5.87. The van der Waals surface area contributed by atoms with Gasteiger partial charge in [0.15, 0.2) is 0 Å². The Hall–Kier alpha value is -1.06. The Balaban J connectivity index is 2.39. The van der Waals surface area contributed by atoms with Crippen molar-refractivity contribution in [1.29, 1.82) is 0 Å². The van der Waals surface area contributed by atoms with Gasteiger partial charge in [-0.1, -0.05) is 6.07 Å². The first-order valence-electron chi connectivity index (χ1n) is 4.31. The van der Waals surface area contributed by atoms with Gasteiger partial charge in [-0.25, -0.2) is 0 Å². The van der Waals surface area contributed by atoms with E-state index >= 15 is 0 Å². The standard InChI is InChI=1S/C10H13NO2/c1-12-8-2-3-9-7(4-8)5-13-6-10(9)11/h2-4,10H,5-6,11H2,1H3/t10-/m1/s1. The van der Waals surface area contributed by atoms with Crippen LogP contribution in [-0.2, 0) is 11.3 Å². The van der Waals surface area contributed by atoms with Crippen molar-refractivity contribution in [2.75, 3.05) is 13.7 Å². The van der Waals surface area contributed by atoms with Crippen molar-refractivity contribution in [3.05, 3.63) is 29.3 Å². The van der Waals surface area contributed by atoms with Gasteiger partial charge in [-0.05, 0) is 23.3 Å². The summed E-state index contributed by atoms with van der Waals surface area (Å²) >= 11 is 0. The summed E-state index contributed by atoms with van der Waals surface area (Å²) in [4.78, 5) is 0. The highest BCUT2D eigenvalue weighted by Crippen LogP contribution is 2.26. The Kier molecular flexibility index (Phi) is 2.20. The van der Waals surface area contributed by atoms with Crippen LogP contribution in [0.4, 0.5) is 0 Å². The van der Waals surface area contributed by atoms with Gasteiger partial charge in [0.25, 0.3) is 0 Å². The van der Waals surface area contributed by atoms with Crippen LogP contribution in [0.3, 0.4) is 0 Å². The summed E-state index contributed by atoms with van der Waals surface area (Å²) in [7, 11) is 1.66. The fourth-order valence-corrected chi connectivity index (χ4v) is 1.58. The van der Waals surface area contributed by atoms with E-state index in [0.29, 0.717) is 13.2 Å². The number of ether oxygens (including phenoxy) is 2. The van der Waals surface area contributed by atoms with Gasteiger partial charge in [0.2, 0.25) is 0 Å². The van der Waals surface area contributed by atoms with Crippen LogP contribution >= 0.6 is 0 Å². The van der Waals surface area contributed by atoms with Gasteiger partial charge < -0.3 is 15.2 Å². The molecule has 2 N–H and O–H groups in total. The Labute approximate surface area is 77.5 Å². The summed E-state index contributed by atoms with van der Waals surface area (Å²) < 4.78 is 10.4. The average molecular weight is 179 g/mol. The van der Waals surface area contributed by atoms with Crippen LogP contribution in [0.15, 0.2) is 18.2 Å². The van der Waals surface area contributed by atoms with Crippen molar-refractivity contribution in [3.8, 4) is 5.75 Å². The minimum absolute atomic E-state index is 0.00894. The van der Waals surface area contributed by atoms with E-state index in [0.717, 1.165) is 11.3 Å². The van der Waals surface area contributed by atoms with Crippen LogP contribution in [0.1, 0.15) is 17.2 Å². The molecule has 1 aromatic carbocycles. The van der Waals surface area contributed by atoms with Crippen molar-refractivity contribution in [3.63, 3.8) is 0 Å². The summed E-state index contributed by atoms with van der Waals surface area (Å²) in [5.74, 6) is 0.858. The lowest BCUT2D eigenvalue weighted by atomic mass is 9.99. The van der Waals surface area contributed by atoms with Crippen molar-refractivity contribution < 1.29 is 9.47 Å². The van der Waals surface area contributed by atoms with Crippen LogP contribution in [0.25, 0.3) is 0 Å². The molecule has 2 rings (SSSR count). The van der Waals surface area contributed by atoms with Crippen molar-refractivity contribution >= 4 is 0 Å². The highest BCUT2D eigenvalue weighted by Gasteiger charge is 2.17. The second kappa shape index (κ2) is 3.36. The van der Waals surface area contributed by atoms with Crippen molar-refractivity contribution in [2.45, 2.75) is 12.6 Å². The zero-order valence-corrected chi connectivity index (χ0v) is 7.62. The molecule has 1 heterocycles. The van der Waals surface area contributed by atoms with E-state index in [4.69, 9.17) is 15.2 Å². The van der Waals surface area contributed by atoms with Crippen LogP contribution in [0, 0.1) is 0 Å². The van der Waals surface area contributed by atoms with Gasteiger partial charge in [0, 0.05) is 0 Å².